The van der Waals surface area contributed by atoms with Gasteiger partial charge in [0.25, 0.3) is 0 Å². The zero-order valence-corrected chi connectivity index (χ0v) is 11.1. The van der Waals surface area contributed by atoms with Crippen LogP contribution in [0.2, 0.25) is 0 Å². The van der Waals surface area contributed by atoms with Crippen LogP contribution in [0.5, 0.6) is 0 Å². The number of amides is 1. The van der Waals surface area contributed by atoms with Crippen molar-refractivity contribution in [3.63, 3.8) is 0 Å². The molecule has 0 radical (unpaired) electrons. The molecule has 1 aliphatic heterocycles. The summed E-state index contributed by atoms with van der Waals surface area (Å²) in [5.41, 5.74) is 0.360. The SMILES string of the molecule is O=C(NC1CC12CCCCC2)[C@@H]1CC[C@H](C(=O)O)O1. The highest BCUT2D eigenvalue weighted by molar-refractivity contribution is 5.83. The Balaban J connectivity index is 1.49. The number of carboxylic acids is 1. The van der Waals surface area contributed by atoms with Gasteiger partial charge >= 0.3 is 5.97 Å². The van der Waals surface area contributed by atoms with Gasteiger partial charge in [-0.3, -0.25) is 4.79 Å². The summed E-state index contributed by atoms with van der Waals surface area (Å²) in [6, 6.07) is 0.299. The third-order valence-electron chi connectivity index (χ3n) is 4.94. The van der Waals surface area contributed by atoms with E-state index in [2.05, 4.69) is 5.32 Å². The van der Waals surface area contributed by atoms with Crippen molar-refractivity contribution in [1.29, 1.82) is 0 Å². The van der Waals surface area contributed by atoms with Crippen molar-refractivity contribution < 1.29 is 19.4 Å². The van der Waals surface area contributed by atoms with Crippen molar-refractivity contribution in [3.8, 4) is 0 Å². The van der Waals surface area contributed by atoms with Gasteiger partial charge in [-0.25, -0.2) is 4.79 Å². The summed E-state index contributed by atoms with van der Waals surface area (Å²) >= 11 is 0. The Bertz CT molecular complexity index is 389. The molecule has 5 heteroatoms. The molecule has 1 heterocycles. The summed E-state index contributed by atoms with van der Waals surface area (Å²) in [5, 5.41) is 11.9. The van der Waals surface area contributed by atoms with Gasteiger partial charge in [0.2, 0.25) is 5.91 Å². The number of hydrogen-bond donors (Lipinski definition) is 2. The summed E-state index contributed by atoms with van der Waals surface area (Å²) in [7, 11) is 0. The van der Waals surface area contributed by atoms with Gasteiger partial charge in [-0.2, -0.15) is 0 Å². The molecule has 0 aromatic carbocycles. The number of nitrogens with one attached hydrogen (secondary N) is 1. The zero-order valence-electron chi connectivity index (χ0n) is 11.1. The van der Waals surface area contributed by atoms with Crippen LogP contribution in [-0.2, 0) is 14.3 Å². The first-order valence-electron chi connectivity index (χ1n) is 7.29. The number of carbonyl (C=O) groups is 2. The van der Waals surface area contributed by atoms with Crippen molar-refractivity contribution >= 4 is 11.9 Å². The highest BCUT2D eigenvalue weighted by atomic mass is 16.5. The molecule has 106 valence electrons. The fourth-order valence-corrected chi connectivity index (χ4v) is 3.64. The average molecular weight is 267 g/mol. The van der Waals surface area contributed by atoms with Gasteiger partial charge in [-0.05, 0) is 37.5 Å². The fourth-order valence-electron chi connectivity index (χ4n) is 3.64. The number of ether oxygens (including phenoxy) is 1. The first-order valence-corrected chi connectivity index (χ1v) is 7.29. The highest BCUT2D eigenvalue weighted by Gasteiger charge is 2.55. The molecule has 2 N–H and O–H groups in total. The van der Waals surface area contributed by atoms with Crippen LogP contribution in [0.15, 0.2) is 0 Å². The Hall–Kier alpha value is -1.10. The topological polar surface area (TPSA) is 75.6 Å². The molecule has 0 aromatic rings. The van der Waals surface area contributed by atoms with E-state index < -0.39 is 18.2 Å². The van der Waals surface area contributed by atoms with E-state index in [4.69, 9.17) is 9.84 Å². The normalized spacial score (nSPS) is 36.1. The van der Waals surface area contributed by atoms with Crippen molar-refractivity contribution in [1.82, 2.24) is 5.32 Å². The molecule has 2 saturated carbocycles. The Morgan fingerprint density at radius 1 is 1.11 bits per heavy atom. The number of carbonyl (C=O) groups excluding carboxylic acids is 1. The number of rotatable bonds is 3. The maximum Gasteiger partial charge on any atom is 0.332 e. The van der Waals surface area contributed by atoms with E-state index in [9.17, 15) is 9.59 Å². The Morgan fingerprint density at radius 3 is 2.42 bits per heavy atom. The van der Waals surface area contributed by atoms with Crippen molar-refractivity contribution in [2.24, 2.45) is 5.41 Å². The zero-order chi connectivity index (χ0) is 13.5. The lowest BCUT2D eigenvalue weighted by Gasteiger charge is -2.23. The van der Waals surface area contributed by atoms with Crippen LogP contribution in [0.1, 0.15) is 51.4 Å². The lowest BCUT2D eigenvalue weighted by atomic mass is 9.86. The van der Waals surface area contributed by atoms with Gasteiger partial charge in [0.15, 0.2) is 6.10 Å². The summed E-state index contributed by atoms with van der Waals surface area (Å²) < 4.78 is 5.28. The molecule has 3 fully saturated rings. The van der Waals surface area contributed by atoms with Gasteiger partial charge in [0, 0.05) is 6.04 Å². The first-order chi connectivity index (χ1) is 9.11. The number of carboxylic acid groups (broad SMARTS) is 1. The third kappa shape index (κ3) is 2.48. The maximum atomic E-state index is 12.1. The fraction of sp³-hybridized carbons (Fsp3) is 0.857. The minimum Gasteiger partial charge on any atom is -0.479 e. The summed E-state index contributed by atoms with van der Waals surface area (Å²) in [6.45, 7) is 0. The summed E-state index contributed by atoms with van der Waals surface area (Å²) in [5.74, 6) is -1.08. The van der Waals surface area contributed by atoms with Crippen molar-refractivity contribution in [2.45, 2.75) is 69.6 Å². The smallest absolute Gasteiger partial charge is 0.332 e. The predicted molar refractivity (Wildman–Crippen MR) is 67.6 cm³/mol. The van der Waals surface area contributed by atoms with Gasteiger partial charge in [-0.1, -0.05) is 19.3 Å². The van der Waals surface area contributed by atoms with E-state index >= 15 is 0 Å². The highest BCUT2D eigenvalue weighted by Crippen LogP contribution is 2.56. The van der Waals surface area contributed by atoms with Gasteiger partial charge < -0.3 is 15.2 Å². The molecule has 1 spiro atoms. The average Bonchev–Trinajstić information content (AvgIpc) is 2.86. The van der Waals surface area contributed by atoms with E-state index in [0.29, 0.717) is 24.3 Å². The molecule has 0 bridgehead atoms. The second-order valence-electron chi connectivity index (χ2n) is 6.22. The minimum atomic E-state index is -0.967. The van der Waals surface area contributed by atoms with E-state index in [0.717, 1.165) is 6.42 Å². The molecule has 3 aliphatic rings. The van der Waals surface area contributed by atoms with E-state index in [1.807, 2.05) is 0 Å². The Kier molecular flexibility index (Phi) is 3.25. The predicted octanol–water partition coefficient (Wildman–Crippen LogP) is 1.46. The van der Waals surface area contributed by atoms with Crippen LogP contribution in [0.25, 0.3) is 0 Å². The van der Waals surface area contributed by atoms with Crippen LogP contribution in [0, 0.1) is 5.41 Å². The molecule has 0 aromatic heterocycles. The summed E-state index contributed by atoms with van der Waals surface area (Å²) in [4.78, 5) is 22.9. The standard InChI is InChI=1S/C14H21NO4/c16-12(9-4-5-10(19-9)13(17)18)15-11-8-14(11)6-2-1-3-7-14/h9-11H,1-8H2,(H,15,16)(H,17,18)/t9-,10+,11?/m0/s1. The molecule has 1 amide bonds. The lowest BCUT2D eigenvalue weighted by molar-refractivity contribution is -0.151. The Labute approximate surface area is 112 Å². The van der Waals surface area contributed by atoms with E-state index in [1.54, 1.807) is 0 Å². The number of aliphatic carboxylic acids is 1. The van der Waals surface area contributed by atoms with E-state index in [-0.39, 0.29) is 5.91 Å². The quantitative estimate of drug-likeness (QED) is 0.811. The summed E-state index contributed by atoms with van der Waals surface area (Å²) in [6.07, 6.45) is 6.97. The molecule has 2 aliphatic carbocycles. The molecular formula is C14H21NO4. The minimum absolute atomic E-state index is 0.115. The van der Waals surface area contributed by atoms with E-state index in [1.165, 1.54) is 32.1 Å². The molecule has 5 nitrogen and oxygen atoms in total. The Morgan fingerprint density at radius 2 is 1.79 bits per heavy atom. The van der Waals surface area contributed by atoms with Crippen LogP contribution in [0.3, 0.4) is 0 Å². The molecule has 1 unspecified atom stereocenters. The van der Waals surface area contributed by atoms with Gasteiger partial charge in [0.05, 0.1) is 0 Å². The van der Waals surface area contributed by atoms with Gasteiger partial charge in [0.1, 0.15) is 6.10 Å². The maximum absolute atomic E-state index is 12.1. The molecule has 19 heavy (non-hydrogen) atoms. The second kappa shape index (κ2) is 4.78. The van der Waals surface area contributed by atoms with Gasteiger partial charge in [-0.15, -0.1) is 0 Å². The first kappa shape index (κ1) is 12.9. The van der Waals surface area contributed by atoms with Crippen LogP contribution >= 0.6 is 0 Å². The van der Waals surface area contributed by atoms with Crippen LogP contribution in [-0.4, -0.2) is 35.2 Å². The third-order valence-corrected chi connectivity index (χ3v) is 4.94. The van der Waals surface area contributed by atoms with Crippen LogP contribution in [0.4, 0.5) is 0 Å². The monoisotopic (exact) mass is 267 g/mol. The number of hydrogen-bond acceptors (Lipinski definition) is 3. The lowest BCUT2D eigenvalue weighted by Crippen LogP contribution is -2.39. The van der Waals surface area contributed by atoms with Crippen molar-refractivity contribution in [2.75, 3.05) is 0 Å². The second-order valence-corrected chi connectivity index (χ2v) is 6.22. The van der Waals surface area contributed by atoms with Crippen molar-refractivity contribution in [3.05, 3.63) is 0 Å². The molecule has 3 atom stereocenters. The molecule has 1 saturated heterocycles. The molecular weight excluding hydrogens is 246 g/mol. The largest absolute Gasteiger partial charge is 0.479 e. The molecule has 3 rings (SSSR count). The van der Waals surface area contributed by atoms with Crippen LogP contribution < -0.4 is 5.32 Å².